The van der Waals surface area contributed by atoms with Gasteiger partial charge < -0.3 is 10.1 Å². The van der Waals surface area contributed by atoms with Gasteiger partial charge in [-0.3, -0.25) is 9.69 Å². The molecular weight excluding hydrogens is 324 g/mol. The van der Waals surface area contributed by atoms with Gasteiger partial charge in [-0.1, -0.05) is 36.4 Å². The van der Waals surface area contributed by atoms with Gasteiger partial charge in [0, 0.05) is 22.5 Å². The second-order valence-corrected chi connectivity index (χ2v) is 6.10. The lowest BCUT2D eigenvalue weighted by Gasteiger charge is -2.27. The van der Waals surface area contributed by atoms with E-state index in [-0.39, 0.29) is 12.1 Å². The third-order valence-electron chi connectivity index (χ3n) is 4.47. The average molecular weight is 344 g/mol. The van der Waals surface area contributed by atoms with Gasteiger partial charge in [-0.25, -0.2) is 0 Å². The van der Waals surface area contributed by atoms with Gasteiger partial charge >= 0.3 is 0 Å². The van der Waals surface area contributed by atoms with Crippen molar-refractivity contribution in [1.82, 2.24) is 0 Å². The number of carbonyl (C=O) groups excluding carboxylic acids is 1. The van der Waals surface area contributed by atoms with Gasteiger partial charge in [0.25, 0.3) is 5.91 Å². The van der Waals surface area contributed by atoms with Gasteiger partial charge in [0.05, 0.1) is 6.61 Å². The minimum absolute atomic E-state index is 0.00167. The van der Waals surface area contributed by atoms with Crippen LogP contribution in [0.1, 0.15) is 29.0 Å². The maximum absolute atomic E-state index is 13.1. The highest BCUT2D eigenvalue weighted by molar-refractivity contribution is 6.11. The van der Waals surface area contributed by atoms with E-state index >= 15 is 0 Å². The molecule has 4 rings (SSSR count). The molecule has 1 heterocycles. The molecule has 1 aliphatic rings. The Bertz CT molecular complexity index is 907. The van der Waals surface area contributed by atoms with Crippen molar-refractivity contribution in [2.45, 2.75) is 13.1 Å². The smallest absolute Gasteiger partial charge is 0.260 e. The highest BCUT2D eigenvalue weighted by Crippen LogP contribution is 2.38. The van der Waals surface area contributed by atoms with Gasteiger partial charge in [-0.15, -0.1) is 0 Å². The molecule has 1 atom stereocenters. The van der Waals surface area contributed by atoms with Crippen molar-refractivity contribution in [3.8, 4) is 5.75 Å². The molecular formula is C22H20N2O2. The highest BCUT2D eigenvalue weighted by atomic mass is 16.5. The van der Waals surface area contributed by atoms with Crippen molar-refractivity contribution in [2.75, 3.05) is 16.8 Å². The van der Waals surface area contributed by atoms with Crippen molar-refractivity contribution in [2.24, 2.45) is 0 Å². The zero-order valence-electron chi connectivity index (χ0n) is 14.6. The van der Waals surface area contributed by atoms with E-state index in [2.05, 4.69) is 5.32 Å². The van der Waals surface area contributed by atoms with Crippen LogP contribution in [-0.2, 0) is 0 Å². The fourth-order valence-corrected chi connectivity index (χ4v) is 3.29. The average Bonchev–Trinajstić information content (AvgIpc) is 2.96. The van der Waals surface area contributed by atoms with E-state index in [1.807, 2.05) is 85.8 Å². The van der Waals surface area contributed by atoms with E-state index in [0.29, 0.717) is 6.61 Å². The Balaban J connectivity index is 1.72. The van der Waals surface area contributed by atoms with E-state index in [4.69, 9.17) is 4.74 Å². The van der Waals surface area contributed by atoms with Crippen LogP contribution < -0.4 is 15.0 Å². The molecule has 4 nitrogen and oxygen atoms in total. The van der Waals surface area contributed by atoms with E-state index in [1.54, 1.807) is 4.90 Å². The number of nitrogens with zero attached hydrogens (tertiary/aromatic N) is 1. The zero-order valence-corrected chi connectivity index (χ0v) is 14.6. The summed E-state index contributed by atoms with van der Waals surface area (Å²) in [5.41, 5.74) is 3.52. The van der Waals surface area contributed by atoms with Gasteiger partial charge in [0.2, 0.25) is 0 Å². The van der Waals surface area contributed by atoms with Crippen LogP contribution in [0.25, 0.3) is 0 Å². The third kappa shape index (κ3) is 2.90. The molecule has 1 aliphatic heterocycles. The van der Waals surface area contributed by atoms with E-state index in [0.717, 1.165) is 28.3 Å². The van der Waals surface area contributed by atoms with Gasteiger partial charge in [-0.2, -0.15) is 0 Å². The Morgan fingerprint density at radius 2 is 1.62 bits per heavy atom. The van der Waals surface area contributed by atoms with Crippen molar-refractivity contribution >= 4 is 17.3 Å². The molecule has 0 saturated carbocycles. The van der Waals surface area contributed by atoms with Crippen LogP contribution in [0, 0.1) is 0 Å². The Kier molecular flexibility index (Phi) is 4.32. The summed E-state index contributed by atoms with van der Waals surface area (Å²) < 4.78 is 5.52. The lowest BCUT2D eigenvalue weighted by molar-refractivity contribution is 0.0993. The van der Waals surface area contributed by atoms with Crippen LogP contribution in [0.4, 0.5) is 11.4 Å². The lowest BCUT2D eigenvalue weighted by Crippen LogP contribution is -2.32. The number of benzene rings is 3. The molecule has 0 radical (unpaired) electrons. The van der Waals surface area contributed by atoms with E-state index < -0.39 is 0 Å². The Morgan fingerprint density at radius 1 is 0.923 bits per heavy atom. The van der Waals surface area contributed by atoms with E-state index in [1.165, 1.54) is 0 Å². The largest absolute Gasteiger partial charge is 0.494 e. The normalized spacial score (nSPS) is 15.7. The summed E-state index contributed by atoms with van der Waals surface area (Å²) in [5.74, 6) is 0.797. The standard InChI is InChI=1S/C22H20N2O2/c1-2-26-18-14-12-17(13-15-18)24-21(23-16-8-4-3-5-9-16)19-10-6-7-11-20(19)22(24)25/h3-15,21,23H,2H2,1H3. The summed E-state index contributed by atoms with van der Waals surface area (Å²) in [6, 6.07) is 25.3. The number of rotatable bonds is 5. The molecule has 1 N–H and O–H groups in total. The van der Waals surface area contributed by atoms with Crippen LogP contribution in [0.5, 0.6) is 5.75 Å². The Morgan fingerprint density at radius 3 is 2.35 bits per heavy atom. The number of fused-ring (bicyclic) bond motifs is 1. The van der Waals surface area contributed by atoms with Gasteiger partial charge in [0.1, 0.15) is 11.9 Å². The molecule has 0 aliphatic carbocycles. The van der Waals surface area contributed by atoms with Gasteiger partial charge in [0.15, 0.2) is 0 Å². The zero-order chi connectivity index (χ0) is 17.9. The Hall–Kier alpha value is -3.27. The molecule has 3 aromatic carbocycles. The molecule has 3 aromatic rings. The topological polar surface area (TPSA) is 41.6 Å². The van der Waals surface area contributed by atoms with Crippen LogP contribution in [0.15, 0.2) is 78.9 Å². The van der Waals surface area contributed by atoms with Crippen LogP contribution in [0.3, 0.4) is 0 Å². The summed E-state index contributed by atoms with van der Waals surface area (Å²) in [6.45, 7) is 2.57. The molecule has 26 heavy (non-hydrogen) atoms. The number of nitrogens with one attached hydrogen (secondary N) is 1. The third-order valence-corrected chi connectivity index (χ3v) is 4.47. The molecule has 4 heteroatoms. The molecule has 130 valence electrons. The second-order valence-electron chi connectivity index (χ2n) is 6.10. The maximum atomic E-state index is 13.1. The second kappa shape index (κ2) is 6.92. The first-order valence-electron chi connectivity index (χ1n) is 8.75. The number of anilines is 2. The molecule has 1 amide bonds. The summed E-state index contributed by atoms with van der Waals surface area (Å²) in [4.78, 5) is 14.9. The summed E-state index contributed by atoms with van der Waals surface area (Å²) in [7, 11) is 0. The number of hydrogen-bond donors (Lipinski definition) is 1. The van der Waals surface area contributed by atoms with Crippen LogP contribution in [-0.4, -0.2) is 12.5 Å². The molecule has 1 unspecified atom stereocenters. The maximum Gasteiger partial charge on any atom is 0.260 e. The van der Waals surface area contributed by atoms with Gasteiger partial charge in [-0.05, 0) is 49.4 Å². The summed E-state index contributed by atoms with van der Waals surface area (Å²) >= 11 is 0. The summed E-state index contributed by atoms with van der Waals surface area (Å²) in [5, 5.41) is 3.49. The van der Waals surface area contributed by atoms with Crippen LogP contribution >= 0.6 is 0 Å². The van der Waals surface area contributed by atoms with Crippen molar-refractivity contribution in [3.05, 3.63) is 90.0 Å². The number of carbonyl (C=O) groups is 1. The minimum Gasteiger partial charge on any atom is -0.494 e. The molecule has 0 spiro atoms. The fraction of sp³-hybridized carbons (Fsp3) is 0.136. The number of ether oxygens (including phenoxy) is 1. The van der Waals surface area contributed by atoms with E-state index in [9.17, 15) is 4.79 Å². The molecule has 0 aromatic heterocycles. The number of amides is 1. The predicted molar refractivity (Wildman–Crippen MR) is 104 cm³/mol. The summed E-state index contributed by atoms with van der Waals surface area (Å²) in [6.07, 6.45) is -0.251. The van der Waals surface area contributed by atoms with Crippen molar-refractivity contribution < 1.29 is 9.53 Å². The SMILES string of the molecule is CCOc1ccc(N2C(=O)c3ccccc3C2Nc2ccccc2)cc1. The van der Waals surface area contributed by atoms with Crippen molar-refractivity contribution in [3.63, 3.8) is 0 Å². The Labute approximate surface area is 153 Å². The first-order chi connectivity index (χ1) is 12.8. The molecule has 0 bridgehead atoms. The molecule has 0 saturated heterocycles. The molecule has 0 fully saturated rings. The first kappa shape index (κ1) is 16.2. The van der Waals surface area contributed by atoms with Crippen molar-refractivity contribution in [1.29, 1.82) is 0 Å². The number of hydrogen-bond acceptors (Lipinski definition) is 3. The van der Waals surface area contributed by atoms with Crippen LogP contribution in [0.2, 0.25) is 0 Å². The fourth-order valence-electron chi connectivity index (χ4n) is 3.29. The minimum atomic E-state index is -0.251. The lowest BCUT2D eigenvalue weighted by atomic mass is 10.1. The monoisotopic (exact) mass is 344 g/mol. The quantitative estimate of drug-likeness (QED) is 0.719. The first-order valence-corrected chi connectivity index (χ1v) is 8.75. The highest BCUT2D eigenvalue weighted by Gasteiger charge is 2.37. The predicted octanol–water partition coefficient (Wildman–Crippen LogP) is 4.86. The number of para-hydroxylation sites is 1.